The second kappa shape index (κ2) is 8.40. The highest BCUT2D eigenvalue weighted by molar-refractivity contribution is 6.32. The fourth-order valence-electron chi connectivity index (χ4n) is 4.39. The molecule has 1 aliphatic carbocycles. The molecule has 4 N–H and O–H groups in total. The van der Waals surface area contributed by atoms with Crippen LogP contribution >= 0.6 is 11.6 Å². The van der Waals surface area contributed by atoms with Crippen molar-refractivity contribution in [2.45, 2.75) is 26.3 Å². The third kappa shape index (κ3) is 3.95. The molecule has 0 radical (unpaired) electrons. The summed E-state index contributed by atoms with van der Waals surface area (Å²) in [5, 5.41) is 14.3. The molecule has 4 atom stereocenters. The van der Waals surface area contributed by atoms with Gasteiger partial charge in [-0.2, -0.15) is 4.98 Å². The Kier molecular flexibility index (Phi) is 5.81. The Labute approximate surface area is 186 Å². The van der Waals surface area contributed by atoms with E-state index >= 15 is 0 Å². The second-order valence-electron chi connectivity index (χ2n) is 8.23. The molecule has 0 saturated heterocycles. The summed E-state index contributed by atoms with van der Waals surface area (Å²) in [5.74, 6) is 2.70. The van der Waals surface area contributed by atoms with Gasteiger partial charge in [0.2, 0.25) is 5.95 Å². The van der Waals surface area contributed by atoms with Crippen LogP contribution in [-0.2, 0) is 4.74 Å². The Bertz CT molecular complexity index is 1130. The molecule has 1 aromatic carbocycles. The zero-order chi connectivity index (χ0) is 22.3. The Morgan fingerprint density at radius 2 is 2.10 bits per heavy atom. The van der Waals surface area contributed by atoms with Crippen molar-refractivity contribution < 1.29 is 14.3 Å². The monoisotopic (exact) mass is 442 g/mol. The first-order valence-corrected chi connectivity index (χ1v) is 10.7. The standard InChI is InChI=1S/C23H27ClN4O3/c1-11-12(2)17(8-16(11)10-29)26-22-20(21(24)27-23(25)28-22)19-9-15-7-14(13(3)30-4)5-6-18(15)31-19/h5-7,9,11-12,16-17,29H,3,8,10H2,1-2,4H3,(H3,25,26,27,28). The number of nitrogen functional groups attached to an aromatic ring is 1. The van der Waals surface area contributed by atoms with Gasteiger partial charge in [-0.15, -0.1) is 0 Å². The third-order valence-corrected chi connectivity index (χ3v) is 6.81. The Morgan fingerprint density at radius 3 is 2.77 bits per heavy atom. The minimum absolute atomic E-state index is 0.0865. The summed E-state index contributed by atoms with van der Waals surface area (Å²) in [4.78, 5) is 8.57. The van der Waals surface area contributed by atoms with Crippen LogP contribution in [0.1, 0.15) is 25.8 Å². The number of fused-ring (bicyclic) bond motifs is 1. The van der Waals surface area contributed by atoms with Crippen LogP contribution in [0.4, 0.5) is 11.8 Å². The van der Waals surface area contributed by atoms with Gasteiger partial charge < -0.3 is 25.3 Å². The van der Waals surface area contributed by atoms with Gasteiger partial charge in [0.15, 0.2) is 0 Å². The van der Waals surface area contributed by atoms with Gasteiger partial charge >= 0.3 is 0 Å². The average molecular weight is 443 g/mol. The van der Waals surface area contributed by atoms with Gasteiger partial charge in [0.1, 0.15) is 28.1 Å². The van der Waals surface area contributed by atoms with Crippen LogP contribution in [0.5, 0.6) is 0 Å². The quantitative estimate of drug-likeness (QED) is 0.371. The van der Waals surface area contributed by atoms with Gasteiger partial charge in [0, 0.05) is 23.6 Å². The number of aliphatic hydroxyl groups is 1. The highest BCUT2D eigenvalue weighted by Gasteiger charge is 2.38. The highest BCUT2D eigenvalue weighted by Crippen LogP contribution is 2.41. The van der Waals surface area contributed by atoms with Crippen LogP contribution in [0.15, 0.2) is 35.3 Å². The van der Waals surface area contributed by atoms with E-state index in [1.807, 2.05) is 24.3 Å². The summed E-state index contributed by atoms with van der Waals surface area (Å²) >= 11 is 6.50. The predicted octanol–water partition coefficient (Wildman–Crippen LogP) is 4.81. The van der Waals surface area contributed by atoms with E-state index < -0.39 is 0 Å². The van der Waals surface area contributed by atoms with E-state index in [0.29, 0.717) is 40.3 Å². The van der Waals surface area contributed by atoms with Crippen LogP contribution in [0.2, 0.25) is 5.15 Å². The minimum atomic E-state index is 0.0865. The molecule has 4 unspecified atom stereocenters. The topological polar surface area (TPSA) is 106 Å². The maximum absolute atomic E-state index is 9.69. The first-order chi connectivity index (χ1) is 14.8. The number of benzene rings is 1. The number of rotatable bonds is 6. The number of furan rings is 1. The highest BCUT2D eigenvalue weighted by atomic mass is 35.5. The molecule has 2 aromatic heterocycles. The maximum Gasteiger partial charge on any atom is 0.223 e. The van der Waals surface area contributed by atoms with E-state index in [-0.39, 0.29) is 29.7 Å². The number of nitrogens with zero attached hydrogens (tertiary/aromatic N) is 2. The lowest BCUT2D eigenvalue weighted by Crippen LogP contribution is -2.25. The Hall–Kier alpha value is -2.77. The molecule has 164 valence electrons. The fourth-order valence-corrected chi connectivity index (χ4v) is 4.66. The average Bonchev–Trinajstić information content (AvgIpc) is 3.27. The van der Waals surface area contributed by atoms with E-state index in [9.17, 15) is 5.11 Å². The normalized spacial score (nSPS) is 23.3. The molecule has 0 spiro atoms. The van der Waals surface area contributed by atoms with Gasteiger partial charge in [0.25, 0.3) is 0 Å². The van der Waals surface area contributed by atoms with Crippen LogP contribution < -0.4 is 11.1 Å². The number of hydrogen-bond acceptors (Lipinski definition) is 7. The van der Waals surface area contributed by atoms with E-state index in [1.54, 1.807) is 7.11 Å². The summed E-state index contributed by atoms with van der Waals surface area (Å²) in [6.07, 6.45) is 0.836. The van der Waals surface area contributed by atoms with Crippen molar-refractivity contribution in [2.24, 2.45) is 17.8 Å². The zero-order valence-electron chi connectivity index (χ0n) is 17.9. The molecular weight excluding hydrogens is 416 g/mol. The predicted molar refractivity (Wildman–Crippen MR) is 124 cm³/mol. The number of aromatic nitrogens is 2. The summed E-state index contributed by atoms with van der Waals surface area (Å²) in [5.41, 5.74) is 8.02. The van der Waals surface area contributed by atoms with Gasteiger partial charge in [-0.05, 0) is 48.4 Å². The van der Waals surface area contributed by atoms with Gasteiger partial charge in [-0.1, -0.05) is 32.0 Å². The van der Waals surface area contributed by atoms with Gasteiger partial charge in [-0.3, -0.25) is 0 Å². The third-order valence-electron chi connectivity index (χ3n) is 6.53. The van der Waals surface area contributed by atoms with Crippen molar-refractivity contribution in [3.8, 4) is 11.3 Å². The molecule has 7 nitrogen and oxygen atoms in total. The molecule has 4 rings (SSSR count). The summed E-state index contributed by atoms with van der Waals surface area (Å²) in [6, 6.07) is 7.71. The molecule has 0 aliphatic heterocycles. The minimum Gasteiger partial charge on any atom is -0.497 e. The molecule has 0 amide bonds. The summed E-state index contributed by atoms with van der Waals surface area (Å²) < 4.78 is 11.3. The SMILES string of the molecule is C=C(OC)c1ccc2oc(-c3c(Cl)nc(N)nc3NC3CC(CO)C(C)C3C)cc2c1. The maximum atomic E-state index is 9.69. The molecule has 1 saturated carbocycles. The number of ether oxygens (including phenoxy) is 1. The summed E-state index contributed by atoms with van der Waals surface area (Å²) in [6.45, 7) is 8.41. The Morgan fingerprint density at radius 1 is 1.32 bits per heavy atom. The molecule has 2 heterocycles. The number of aliphatic hydroxyl groups excluding tert-OH is 1. The lowest BCUT2D eigenvalue weighted by Gasteiger charge is -2.21. The van der Waals surface area contributed by atoms with E-state index in [2.05, 4.69) is 35.7 Å². The number of methoxy groups -OCH3 is 1. The first kappa shape index (κ1) is 21.5. The molecule has 0 bridgehead atoms. The molecule has 1 aliphatic rings. The molecule has 1 fully saturated rings. The molecule has 3 aromatic rings. The zero-order valence-corrected chi connectivity index (χ0v) is 18.6. The number of anilines is 2. The Balaban J connectivity index is 1.74. The van der Waals surface area contributed by atoms with Crippen molar-refractivity contribution in [3.63, 3.8) is 0 Å². The number of nitrogens with one attached hydrogen (secondary N) is 1. The van der Waals surface area contributed by atoms with Crippen molar-refractivity contribution in [2.75, 3.05) is 24.8 Å². The lowest BCUT2D eigenvalue weighted by molar-refractivity contribution is 0.191. The van der Waals surface area contributed by atoms with Crippen LogP contribution in [0.25, 0.3) is 28.1 Å². The number of hydrogen-bond donors (Lipinski definition) is 3. The van der Waals surface area contributed by atoms with Gasteiger partial charge in [-0.25, -0.2) is 4.98 Å². The second-order valence-corrected chi connectivity index (χ2v) is 8.59. The van der Waals surface area contributed by atoms with E-state index in [1.165, 1.54) is 0 Å². The molecule has 31 heavy (non-hydrogen) atoms. The van der Waals surface area contributed by atoms with Crippen LogP contribution in [-0.4, -0.2) is 34.8 Å². The van der Waals surface area contributed by atoms with Crippen molar-refractivity contribution in [1.82, 2.24) is 9.97 Å². The first-order valence-electron chi connectivity index (χ1n) is 10.3. The van der Waals surface area contributed by atoms with Crippen molar-refractivity contribution >= 4 is 40.1 Å². The van der Waals surface area contributed by atoms with Crippen LogP contribution in [0, 0.1) is 17.8 Å². The number of halogens is 1. The smallest absolute Gasteiger partial charge is 0.223 e. The lowest BCUT2D eigenvalue weighted by atomic mass is 9.92. The largest absolute Gasteiger partial charge is 0.497 e. The number of nitrogens with two attached hydrogens (primary N) is 1. The van der Waals surface area contributed by atoms with Crippen molar-refractivity contribution in [3.05, 3.63) is 41.6 Å². The molecule has 8 heteroatoms. The van der Waals surface area contributed by atoms with Crippen LogP contribution in [0.3, 0.4) is 0 Å². The van der Waals surface area contributed by atoms with E-state index in [4.69, 9.17) is 26.5 Å². The fraction of sp³-hybridized carbons (Fsp3) is 0.391. The van der Waals surface area contributed by atoms with E-state index in [0.717, 1.165) is 17.4 Å². The molecular formula is C23H27ClN4O3. The van der Waals surface area contributed by atoms with Crippen molar-refractivity contribution in [1.29, 1.82) is 0 Å². The summed E-state index contributed by atoms with van der Waals surface area (Å²) in [7, 11) is 1.59. The van der Waals surface area contributed by atoms with Gasteiger partial charge in [0.05, 0.1) is 12.7 Å².